The average molecular weight is 392 g/mol. The van der Waals surface area contributed by atoms with Gasteiger partial charge in [0.05, 0.1) is 13.1 Å². The van der Waals surface area contributed by atoms with Gasteiger partial charge in [0.2, 0.25) is 0 Å². The quantitative estimate of drug-likeness (QED) is 0.661. The zero-order valence-corrected chi connectivity index (χ0v) is 13.5. The Bertz CT molecular complexity index is 588. The van der Waals surface area contributed by atoms with Crippen molar-refractivity contribution in [2.24, 2.45) is 0 Å². The Morgan fingerprint density at radius 2 is 2.11 bits per heavy atom. The summed E-state index contributed by atoms with van der Waals surface area (Å²) in [5.41, 5.74) is 1.71. The van der Waals surface area contributed by atoms with Gasteiger partial charge in [-0.2, -0.15) is 0 Å². The Kier molecular flexibility index (Phi) is 4.35. The van der Waals surface area contributed by atoms with E-state index in [4.69, 9.17) is 0 Å². The van der Waals surface area contributed by atoms with E-state index in [0.29, 0.717) is 14.9 Å². The molecule has 1 nitrogen and oxygen atoms in total. The van der Waals surface area contributed by atoms with Crippen LogP contribution in [0.1, 0.15) is 20.8 Å². The third kappa shape index (κ3) is 2.90. The molecule has 0 saturated heterocycles. The summed E-state index contributed by atoms with van der Waals surface area (Å²) in [4.78, 5) is 12.8. The molecule has 0 amide bonds. The number of rotatable bonds is 3. The van der Waals surface area contributed by atoms with Crippen molar-refractivity contribution < 1.29 is 9.18 Å². The molecule has 0 spiro atoms. The fourth-order valence-electron chi connectivity index (χ4n) is 1.54. The van der Waals surface area contributed by atoms with Crippen LogP contribution in [0.3, 0.4) is 0 Å². The predicted molar refractivity (Wildman–Crippen MR) is 78.9 cm³/mol. The fourth-order valence-corrected chi connectivity index (χ4v) is 3.42. The van der Waals surface area contributed by atoms with E-state index in [1.54, 1.807) is 12.1 Å². The largest absolute Gasteiger partial charge is 0.293 e. The van der Waals surface area contributed by atoms with E-state index in [1.807, 2.05) is 13.0 Å². The maximum absolute atomic E-state index is 13.3. The van der Waals surface area contributed by atoms with Gasteiger partial charge in [0.25, 0.3) is 0 Å². The predicted octanol–water partition coefficient (Wildman–Crippen LogP) is 5.15. The number of carbonyl (C=O) groups is 1. The van der Waals surface area contributed by atoms with E-state index in [2.05, 4.69) is 31.9 Å². The van der Waals surface area contributed by atoms with E-state index >= 15 is 0 Å². The summed E-state index contributed by atoms with van der Waals surface area (Å²) >= 11 is 7.97. The number of halogens is 3. The average Bonchev–Trinajstić information content (AvgIpc) is 2.66. The molecule has 94 valence electrons. The smallest absolute Gasteiger partial charge is 0.177 e. The van der Waals surface area contributed by atoms with Gasteiger partial charge < -0.3 is 0 Å². The van der Waals surface area contributed by atoms with E-state index < -0.39 is 0 Å². The second-order valence-electron chi connectivity index (χ2n) is 3.88. The van der Waals surface area contributed by atoms with Crippen LogP contribution >= 0.6 is 43.2 Å². The standard InChI is InChI=1S/C13H9Br2FOS/c1-7-5-11(18-13(7)15)10(17)6-8-3-2-4-9(16)12(8)14/h2-5H,6H2,1H3. The van der Waals surface area contributed by atoms with Gasteiger partial charge in [-0.3, -0.25) is 4.79 Å². The summed E-state index contributed by atoms with van der Waals surface area (Å²) in [5, 5.41) is 0. The van der Waals surface area contributed by atoms with Crippen LogP contribution in [-0.4, -0.2) is 5.78 Å². The van der Waals surface area contributed by atoms with Gasteiger partial charge in [0.15, 0.2) is 5.78 Å². The minimum absolute atomic E-state index is 0.0000926. The second kappa shape index (κ2) is 5.63. The van der Waals surface area contributed by atoms with Crippen molar-refractivity contribution in [2.75, 3.05) is 0 Å². The number of Topliss-reactive ketones (excluding diaryl/α,β-unsaturated/α-hetero) is 1. The van der Waals surface area contributed by atoms with Gasteiger partial charge in [-0.1, -0.05) is 12.1 Å². The lowest BCUT2D eigenvalue weighted by Crippen LogP contribution is -2.02. The van der Waals surface area contributed by atoms with Crippen molar-refractivity contribution in [3.8, 4) is 0 Å². The van der Waals surface area contributed by atoms with Gasteiger partial charge in [-0.05, 0) is 62.0 Å². The zero-order valence-electron chi connectivity index (χ0n) is 9.47. The van der Waals surface area contributed by atoms with Crippen LogP contribution in [0.2, 0.25) is 0 Å². The van der Waals surface area contributed by atoms with Gasteiger partial charge >= 0.3 is 0 Å². The molecule has 18 heavy (non-hydrogen) atoms. The second-order valence-corrected chi connectivity index (χ2v) is 7.04. The van der Waals surface area contributed by atoms with Crippen LogP contribution in [0.25, 0.3) is 0 Å². The summed E-state index contributed by atoms with van der Waals surface area (Å²) in [6, 6.07) is 6.58. The van der Waals surface area contributed by atoms with Gasteiger partial charge in [0.1, 0.15) is 5.82 Å². The van der Waals surface area contributed by atoms with Crippen molar-refractivity contribution in [2.45, 2.75) is 13.3 Å². The van der Waals surface area contributed by atoms with Crippen LogP contribution < -0.4 is 0 Å². The highest BCUT2D eigenvalue weighted by atomic mass is 79.9. The number of hydrogen-bond donors (Lipinski definition) is 0. The first-order valence-corrected chi connectivity index (χ1v) is 7.61. The molecular weight excluding hydrogens is 383 g/mol. The van der Waals surface area contributed by atoms with E-state index in [-0.39, 0.29) is 18.0 Å². The molecule has 0 atom stereocenters. The number of aryl methyl sites for hydroxylation is 1. The monoisotopic (exact) mass is 390 g/mol. The first-order valence-electron chi connectivity index (χ1n) is 5.21. The third-order valence-corrected chi connectivity index (χ3v) is 5.58. The summed E-state index contributed by atoms with van der Waals surface area (Å²) in [7, 11) is 0. The Labute approximate surface area is 125 Å². The third-order valence-electron chi connectivity index (χ3n) is 2.51. The van der Waals surface area contributed by atoms with Crippen LogP contribution in [-0.2, 0) is 6.42 Å². The van der Waals surface area contributed by atoms with Crippen molar-refractivity contribution in [3.05, 3.63) is 54.3 Å². The molecule has 0 aliphatic heterocycles. The maximum atomic E-state index is 13.3. The number of carbonyl (C=O) groups excluding carboxylic acids is 1. The van der Waals surface area contributed by atoms with Crippen molar-refractivity contribution in [1.82, 2.24) is 0 Å². The zero-order chi connectivity index (χ0) is 13.3. The van der Waals surface area contributed by atoms with Crippen LogP contribution in [0.4, 0.5) is 4.39 Å². The summed E-state index contributed by atoms with van der Waals surface area (Å²) in [6.45, 7) is 1.94. The molecule has 0 N–H and O–H groups in total. The lowest BCUT2D eigenvalue weighted by Gasteiger charge is -2.03. The summed E-state index contributed by atoms with van der Waals surface area (Å²) in [5.74, 6) is -0.344. The first-order chi connectivity index (χ1) is 8.49. The van der Waals surface area contributed by atoms with E-state index in [9.17, 15) is 9.18 Å². The van der Waals surface area contributed by atoms with E-state index in [1.165, 1.54) is 17.4 Å². The molecule has 2 rings (SSSR count). The molecule has 2 aromatic rings. The normalized spacial score (nSPS) is 10.7. The number of benzene rings is 1. The maximum Gasteiger partial charge on any atom is 0.177 e. The molecule has 1 aromatic heterocycles. The van der Waals surface area contributed by atoms with Crippen molar-refractivity contribution >= 4 is 49.0 Å². The molecular formula is C13H9Br2FOS. The minimum Gasteiger partial charge on any atom is -0.293 e. The highest BCUT2D eigenvalue weighted by molar-refractivity contribution is 9.11. The Morgan fingerprint density at radius 3 is 2.72 bits per heavy atom. The van der Waals surface area contributed by atoms with E-state index in [0.717, 1.165) is 9.35 Å². The Morgan fingerprint density at radius 1 is 1.39 bits per heavy atom. The number of hydrogen-bond acceptors (Lipinski definition) is 2. The van der Waals surface area contributed by atoms with Crippen LogP contribution in [0, 0.1) is 12.7 Å². The Hall–Kier alpha value is -0.520. The minimum atomic E-state index is -0.344. The summed E-state index contributed by atoms with van der Waals surface area (Å²) < 4.78 is 14.7. The molecule has 1 heterocycles. The SMILES string of the molecule is Cc1cc(C(=O)Cc2cccc(F)c2Br)sc1Br. The molecule has 0 aliphatic carbocycles. The molecule has 0 radical (unpaired) electrons. The number of thiophene rings is 1. The molecule has 0 aliphatic rings. The fraction of sp³-hybridized carbons (Fsp3) is 0.154. The van der Waals surface area contributed by atoms with Gasteiger partial charge in [-0.15, -0.1) is 11.3 Å². The Balaban J connectivity index is 2.24. The topological polar surface area (TPSA) is 17.1 Å². The molecule has 0 unspecified atom stereocenters. The molecule has 1 aromatic carbocycles. The first kappa shape index (κ1) is 13.9. The molecule has 0 saturated carbocycles. The van der Waals surface area contributed by atoms with Crippen molar-refractivity contribution in [3.63, 3.8) is 0 Å². The highest BCUT2D eigenvalue weighted by Gasteiger charge is 2.14. The summed E-state index contributed by atoms with van der Waals surface area (Å²) in [6.07, 6.45) is 0.199. The van der Waals surface area contributed by atoms with Crippen molar-refractivity contribution in [1.29, 1.82) is 0 Å². The van der Waals surface area contributed by atoms with Crippen LogP contribution in [0.15, 0.2) is 32.5 Å². The lowest BCUT2D eigenvalue weighted by molar-refractivity contribution is 0.0996. The van der Waals surface area contributed by atoms with Gasteiger partial charge in [-0.25, -0.2) is 4.39 Å². The highest BCUT2D eigenvalue weighted by Crippen LogP contribution is 2.29. The van der Waals surface area contributed by atoms with Crippen LogP contribution in [0.5, 0.6) is 0 Å². The molecule has 5 heteroatoms. The van der Waals surface area contributed by atoms with Gasteiger partial charge in [0, 0.05) is 6.42 Å². The lowest BCUT2D eigenvalue weighted by atomic mass is 10.1. The number of ketones is 1. The molecule has 0 bridgehead atoms. The molecule has 0 fully saturated rings.